The molecule has 2 amide bonds. The largest absolute Gasteiger partial charge is 0.422 e. The Hall–Kier alpha value is -3.42. The summed E-state index contributed by atoms with van der Waals surface area (Å²) in [4.78, 5) is 36.5. The molecule has 0 saturated heterocycles. The maximum Gasteiger partial charge on any atom is 0.349 e. The number of aryl methyl sites for hydroxylation is 2. The van der Waals surface area contributed by atoms with Crippen LogP contribution in [0.15, 0.2) is 39.7 Å². The van der Waals surface area contributed by atoms with Gasteiger partial charge in [-0.1, -0.05) is 18.2 Å². The Kier molecular flexibility index (Phi) is 4.46. The van der Waals surface area contributed by atoms with E-state index in [2.05, 4.69) is 10.4 Å². The molecule has 1 aromatic carbocycles. The average Bonchev–Trinajstić information content (AvgIpc) is 3.10. The van der Waals surface area contributed by atoms with Crippen LogP contribution in [0.4, 0.5) is 0 Å². The zero-order valence-electron chi connectivity index (χ0n) is 15.4. The van der Waals surface area contributed by atoms with Crippen molar-refractivity contribution in [1.29, 1.82) is 0 Å². The van der Waals surface area contributed by atoms with E-state index in [9.17, 15) is 14.4 Å². The number of hydrogen-bond acceptors (Lipinski definition) is 5. The number of amides is 2. The number of rotatable bonds is 4. The van der Waals surface area contributed by atoms with Crippen LogP contribution < -0.4 is 16.7 Å². The second-order valence-corrected chi connectivity index (χ2v) is 7.05. The SMILES string of the molecule is Cc1c(C(=O)NC[C@H]2CCn3ncc(C(N)=O)c3C2)c(=O)oc2ccccc12. The van der Waals surface area contributed by atoms with Crippen LogP contribution in [0, 0.1) is 12.8 Å². The Bertz CT molecular complexity index is 1140. The molecule has 0 unspecified atom stereocenters. The molecule has 28 heavy (non-hydrogen) atoms. The Morgan fingerprint density at radius 2 is 2.14 bits per heavy atom. The fraction of sp³-hybridized carbons (Fsp3) is 0.300. The van der Waals surface area contributed by atoms with Crippen molar-refractivity contribution in [2.75, 3.05) is 6.54 Å². The molecule has 0 saturated carbocycles. The van der Waals surface area contributed by atoms with Gasteiger partial charge in [-0.25, -0.2) is 4.79 Å². The number of primary amides is 1. The van der Waals surface area contributed by atoms with Crippen molar-refractivity contribution in [2.45, 2.75) is 26.3 Å². The van der Waals surface area contributed by atoms with Gasteiger partial charge in [0.2, 0.25) is 0 Å². The van der Waals surface area contributed by atoms with E-state index in [1.165, 1.54) is 6.20 Å². The van der Waals surface area contributed by atoms with Crippen LogP contribution in [0.1, 0.15) is 38.4 Å². The summed E-state index contributed by atoms with van der Waals surface area (Å²) >= 11 is 0. The molecule has 3 N–H and O–H groups in total. The van der Waals surface area contributed by atoms with Crippen molar-refractivity contribution >= 4 is 22.8 Å². The predicted molar refractivity (Wildman–Crippen MR) is 102 cm³/mol. The summed E-state index contributed by atoms with van der Waals surface area (Å²) in [5.74, 6) is -0.833. The first-order valence-electron chi connectivity index (χ1n) is 9.11. The first kappa shape index (κ1) is 18.0. The third kappa shape index (κ3) is 3.06. The third-order valence-corrected chi connectivity index (χ3v) is 5.30. The highest BCUT2D eigenvalue weighted by Crippen LogP contribution is 2.23. The number of para-hydroxylation sites is 1. The smallest absolute Gasteiger partial charge is 0.349 e. The normalized spacial score (nSPS) is 16.0. The molecule has 8 heteroatoms. The topological polar surface area (TPSA) is 120 Å². The molecule has 3 heterocycles. The number of hydrogen-bond donors (Lipinski definition) is 2. The second-order valence-electron chi connectivity index (χ2n) is 7.05. The minimum absolute atomic E-state index is 0.0253. The van der Waals surface area contributed by atoms with E-state index < -0.39 is 17.4 Å². The van der Waals surface area contributed by atoms with Gasteiger partial charge in [0, 0.05) is 18.5 Å². The summed E-state index contributed by atoms with van der Waals surface area (Å²) in [6.07, 6.45) is 2.88. The summed E-state index contributed by atoms with van der Waals surface area (Å²) < 4.78 is 7.06. The zero-order valence-corrected chi connectivity index (χ0v) is 15.4. The van der Waals surface area contributed by atoms with Crippen LogP contribution in [0.5, 0.6) is 0 Å². The van der Waals surface area contributed by atoms with Crippen molar-refractivity contribution in [3.8, 4) is 0 Å². The van der Waals surface area contributed by atoms with Crippen molar-refractivity contribution in [3.05, 3.63) is 63.3 Å². The van der Waals surface area contributed by atoms with Gasteiger partial charge in [-0.2, -0.15) is 5.10 Å². The summed E-state index contributed by atoms with van der Waals surface area (Å²) in [5, 5.41) is 7.76. The molecule has 3 aromatic rings. The van der Waals surface area contributed by atoms with Gasteiger partial charge in [-0.05, 0) is 37.3 Å². The van der Waals surface area contributed by atoms with Gasteiger partial charge in [-0.15, -0.1) is 0 Å². The molecule has 8 nitrogen and oxygen atoms in total. The van der Waals surface area contributed by atoms with E-state index in [0.717, 1.165) is 17.5 Å². The van der Waals surface area contributed by atoms with Gasteiger partial charge in [0.05, 0.1) is 17.5 Å². The van der Waals surface area contributed by atoms with E-state index in [1.54, 1.807) is 23.7 Å². The van der Waals surface area contributed by atoms with Crippen LogP contribution >= 0.6 is 0 Å². The van der Waals surface area contributed by atoms with Crippen LogP contribution in [-0.4, -0.2) is 28.1 Å². The van der Waals surface area contributed by atoms with Gasteiger partial charge >= 0.3 is 5.63 Å². The maximum absolute atomic E-state index is 12.7. The molecule has 4 rings (SSSR count). The predicted octanol–water partition coefficient (Wildman–Crippen LogP) is 1.39. The van der Waals surface area contributed by atoms with Crippen molar-refractivity contribution in [2.24, 2.45) is 11.7 Å². The number of carbonyl (C=O) groups is 2. The number of carbonyl (C=O) groups excluding carboxylic acids is 2. The lowest BCUT2D eigenvalue weighted by molar-refractivity contribution is 0.0937. The molecule has 1 aliphatic heterocycles. The number of benzene rings is 1. The minimum atomic E-state index is -0.647. The Morgan fingerprint density at radius 3 is 2.93 bits per heavy atom. The molecular weight excluding hydrogens is 360 g/mol. The molecule has 0 fully saturated rings. The molecule has 1 atom stereocenters. The summed E-state index contributed by atoms with van der Waals surface area (Å²) in [7, 11) is 0. The molecule has 0 radical (unpaired) electrons. The van der Waals surface area contributed by atoms with Crippen LogP contribution in [0.3, 0.4) is 0 Å². The Morgan fingerprint density at radius 1 is 1.36 bits per heavy atom. The third-order valence-electron chi connectivity index (χ3n) is 5.30. The molecule has 0 bridgehead atoms. The molecule has 0 spiro atoms. The maximum atomic E-state index is 12.7. The van der Waals surface area contributed by atoms with Crippen LogP contribution in [0.25, 0.3) is 11.0 Å². The average molecular weight is 380 g/mol. The summed E-state index contributed by atoms with van der Waals surface area (Å²) in [6.45, 7) is 2.78. The standard InChI is InChI=1S/C20H20N4O4/c1-11-13-4-2-3-5-16(13)28-20(27)17(11)19(26)22-9-12-6-7-24-15(8-12)14(10-23-24)18(21)25/h2-5,10,12H,6-9H2,1H3,(H2,21,25)(H,22,26)/t12-/m0/s1. The van der Waals surface area contributed by atoms with Gasteiger partial charge in [0.1, 0.15) is 11.1 Å². The monoisotopic (exact) mass is 380 g/mol. The number of fused-ring (bicyclic) bond motifs is 2. The first-order valence-corrected chi connectivity index (χ1v) is 9.11. The summed E-state index contributed by atoms with van der Waals surface area (Å²) in [5.41, 5.74) is 7.04. The fourth-order valence-electron chi connectivity index (χ4n) is 3.77. The molecule has 2 aromatic heterocycles. The number of nitrogens with one attached hydrogen (secondary N) is 1. The highest BCUT2D eigenvalue weighted by Gasteiger charge is 2.25. The van der Waals surface area contributed by atoms with Crippen molar-refractivity contribution < 1.29 is 14.0 Å². The van der Waals surface area contributed by atoms with E-state index in [1.807, 2.05) is 12.1 Å². The van der Waals surface area contributed by atoms with Crippen molar-refractivity contribution in [3.63, 3.8) is 0 Å². The second kappa shape index (κ2) is 6.95. The number of nitrogens with zero attached hydrogens (tertiary/aromatic N) is 2. The van der Waals surface area contributed by atoms with Crippen molar-refractivity contribution in [1.82, 2.24) is 15.1 Å². The van der Waals surface area contributed by atoms with Gasteiger partial charge < -0.3 is 15.5 Å². The Balaban J connectivity index is 1.51. The van der Waals surface area contributed by atoms with Gasteiger partial charge in [0.15, 0.2) is 0 Å². The number of aromatic nitrogens is 2. The van der Waals surface area contributed by atoms with Gasteiger partial charge in [0.25, 0.3) is 11.8 Å². The Labute approximate surface area is 160 Å². The zero-order chi connectivity index (χ0) is 19.8. The lowest BCUT2D eigenvalue weighted by atomic mass is 9.94. The van der Waals surface area contributed by atoms with E-state index in [4.69, 9.17) is 10.2 Å². The molecular formula is C20H20N4O4. The van der Waals surface area contributed by atoms with E-state index in [0.29, 0.717) is 36.2 Å². The fourth-order valence-corrected chi connectivity index (χ4v) is 3.77. The quantitative estimate of drug-likeness (QED) is 0.663. The van der Waals surface area contributed by atoms with Crippen LogP contribution in [-0.2, 0) is 13.0 Å². The highest BCUT2D eigenvalue weighted by molar-refractivity contribution is 5.99. The minimum Gasteiger partial charge on any atom is -0.422 e. The van der Waals surface area contributed by atoms with E-state index >= 15 is 0 Å². The number of nitrogens with two attached hydrogens (primary N) is 1. The summed E-state index contributed by atoms with van der Waals surface area (Å²) in [6, 6.07) is 7.13. The molecule has 1 aliphatic rings. The first-order chi connectivity index (χ1) is 13.5. The highest BCUT2D eigenvalue weighted by atomic mass is 16.4. The molecule has 0 aliphatic carbocycles. The van der Waals surface area contributed by atoms with Crippen LogP contribution in [0.2, 0.25) is 0 Å². The lowest BCUT2D eigenvalue weighted by Gasteiger charge is -2.24. The molecule has 144 valence electrons. The van der Waals surface area contributed by atoms with E-state index in [-0.39, 0.29) is 11.5 Å². The lowest BCUT2D eigenvalue weighted by Crippen LogP contribution is -2.36. The van der Waals surface area contributed by atoms with Gasteiger partial charge in [-0.3, -0.25) is 14.3 Å².